The van der Waals surface area contributed by atoms with Gasteiger partial charge in [-0.2, -0.15) is 10.5 Å². The zero-order chi connectivity index (χ0) is 46.2. The minimum atomic E-state index is -1.19. The number of amides is 1. The van der Waals surface area contributed by atoms with Crippen LogP contribution >= 0.6 is 68.5 Å². The minimum Gasteiger partial charge on any atom is -0.477 e. The fraction of sp³-hybridized carbons (Fsp3) is 0.545. The van der Waals surface area contributed by atoms with Crippen molar-refractivity contribution in [3.05, 3.63) is 45.2 Å². The molecule has 0 spiro atoms. The Labute approximate surface area is 398 Å². The number of carboxylic acids is 1. The average molecular weight is 986 g/mol. The van der Waals surface area contributed by atoms with Gasteiger partial charge in [-0.25, -0.2) is 4.79 Å². The summed E-state index contributed by atoms with van der Waals surface area (Å²) in [5.41, 5.74) is 5.12. The van der Waals surface area contributed by atoms with E-state index in [1.807, 2.05) is 51.3 Å². The number of rotatable bonds is 29. The summed E-state index contributed by atoms with van der Waals surface area (Å²) in [4.78, 5) is 28.8. The molecule has 0 aliphatic carbocycles. The Balaban J connectivity index is 0.000000360. The number of ether oxygens (including phenoxy) is 4. The molecule has 0 fully saturated rings. The summed E-state index contributed by atoms with van der Waals surface area (Å²) < 4.78 is 26.0. The van der Waals surface area contributed by atoms with Crippen LogP contribution < -0.4 is 20.9 Å². The van der Waals surface area contributed by atoms with Gasteiger partial charge in [0, 0.05) is 94.8 Å². The first-order chi connectivity index (χ1) is 30.5. The molecule has 0 unspecified atom stereocenters. The first-order valence-electron chi connectivity index (χ1n) is 20.8. The van der Waals surface area contributed by atoms with E-state index in [0.29, 0.717) is 52.7 Å². The molecule has 19 heteroatoms. The molecule has 4 aromatic heterocycles. The monoisotopic (exact) mass is 984 g/mol. The number of hydrogen-bond acceptors (Lipinski definition) is 15. The highest BCUT2D eigenvalue weighted by Gasteiger charge is 2.13. The molecule has 0 aliphatic heterocycles. The number of nitrogens with one attached hydrogen (secondary N) is 1. The number of alkyl halides is 2. The van der Waals surface area contributed by atoms with Crippen LogP contribution in [-0.4, -0.2) is 123 Å². The van der Waals surface area contributed by atoms with Crippen molar-refractivity contribution in [2.24, 2.45) is 5.73 Å². The first-order valence-corrected chi connectivity index (χ1v) is 25.1. The van der Waals surface area contributed by atoms with E-state index in [1.165, 1.54) is 35.3 Å². The standard InChI is InChI=1S/C22H30ClN3O3S2.C12H10N2O2S2.C10H22ClNO2/c1-26(2)21-15-20-19(31-21)14-18(30-20)13-17(16-24)22(27)25-8-10-29-12-11-28-9-6-4-3-5-7-23;1-14(2)11-5-10-9(18-11)4-8(17-10)3-7(6-13)12(15)16;11-5-3-1-2-4-7-13-9-10-14-8-6-12/h13-15H,3-12H2,1-2H3,(H,25,27);3-5H,1-2H3,(H,15,16);1-10,12H2/b17-13+;7-3+;. The lowest BCUT2D eigenvalue weighted by atomic mass is 10.2. The van der Waals surface area contributed by atoms with Gasteiger partial charge in [-0.15, -0.1) is 68.5 Å². The average Bonchev–Trinajstić information content (AvgIpc) is 4.04. The molecule has 0 radical (unpaired) electrons. The van der Waals surface area contributed by atoms with Crippen LogP contribution in [0.25, 0.3) is 31.0 Å². The second kappa shape index (κ2) is 34.1. The van der Waals surface area contributed by atoms with Crippen molar-refractivity contribution in [1.82, 2.24) is 5.32 Å². The summed E-state index contributed by atoms with van der Waals surface area (Å²) in [6.07, 6.45) is 12.1. The lowest BCUT2D eigenvalue weighted by Crippen LogP contribution is -2.28. The van der Waals surface area contributed by atoms with Gasteiger partial charge in [0.1, 0.15) is 23.3 Å². The molecule has 4 N–H and O–H groups in total. The maximum Gasteiger partial charge on any atom is 0.346 e. The Kier molecular flexibility index (Phi) is 30.2. The van der Waals surface area contributed by atoms with Crippen molar-refractivity contribution >= 4 is 121 Å². The number of carbonyl (C=O) groups excluding carboxylic acids is 1. The van der Waals surface area contributed by atoms with Crippen molar-refractivity contribution in [2.45, 2.75) is 51.4 Å². The largest absolute Gasteiger partial charge is 0.477 e. The number of anilines is 2. The van der Waals surface area contributed by atoms with E-state index in [-0.39, 0.29) is 17.1 Å². The van der Waals surface area contributed by atoms with Gasteiger partial charge in [0.2, 0.25) is 0 Å². The number of nitrogens with zero attached hydrogens (tertiary/aromatic N) is 4. The molecule has 0 bridgehead atoms. The zero-order valence-corrected chi connectivity index (χ0v) is 41.5. The van der Waals surface area contributed by atoms with Crippen molar-refractivity contribution < 1.29 is 33.6 Å². The number of carboxylic acid groups (broad SMARTS) is 1. The van der Waals surface area contributed by atoms with Crippen LogP contribution in [0.5, 0.6) is 0 Å². The molecule has 4 heterocycles. The van der Waals surface area contributed by atoms with E-state index >= 15 is 0 Å². The molecule has 0 saturated heterocycles. The maximum atomic E-state index is 12.3. The molecule has 348 valence electrons. The molecule has 1 amide bonds. The van der Waals surface area contributed by atoms with E-state index in [0.717, 1.165) is 97.1 Å². The molecule has 4 aromatic rings. The fourth-order valence-corrected chi connectivity index (χ4v) is 10.1. The highest BCUT2D eigenvalue weighted by atomic mass is 35.5. The first kappa shape index (κ1) is 55.8. The predicted octanol–water partition coefficient (Wildman–Crippen LogP) is 9.68. The van der Waals surface area contributed by atoms with Gasteiger partial charge in [-0.1, -0.05) is 25.7 Å². The Morgan fingerprint density at radius 2 is 1.05 bits per heavy atom. The fourth-order valence-electron chi connectivity index (χ4n) is 5.20. The van der Waals surface area contributed by atoms with Crippen molar-refractivity contribution in [3.8, 4) is 12.1 Å². The van der Waals surface area contributed by atoms with Crippen LogP contribution in [0.2, 0.25) is 0 Å². The quantitative estimate of drug-likeness (QED) is 0.0203. The molecule has 0 saturated carbocycles. The van der Waals surface area contributed by atoms with E-state index in [2.05, 4.69) is 22.3 Å². The van der Waals surface area contributed by atoms with Gasteiger partial charge in [-0.3, -0.25) is 4.79 Å². The SMILES string of the molecule is CN(C)c1cc2sc(/C=C(\C#N)C(=O)NCCOCCOCCCCCCCl)cc2s1.CN(C)c1cc2sc(/C=C(\C#N)C(=O)O)cc2s1.NCCOCCOCCCCCCCl. The number of unbranched alkanes of at least 4 members (excludes halogenated alkanes) is 6. The smallest absolute Gasteiger partial charge is 0.346 e. The lowest BCUT2D eigenvalue weighted by molar-refractivity contribution is -0.132. The summed E-state index contributed by atoms with van der Waals surface area (Å²) >= 11 is 17.6. The number of halogens is 2. The van der Waals surface area contributed by atoms with Crippen LogP contribution in [0.4, 0.5) is 10.0 Å². The van der Waals surface area contributed by atoms with Crippen LogP contribution in [-0.2, 0) is 28.5 Å². The summed E-state index contributed by atoms with van der Waals surface area (Å²) in [7, 11) is 7.98. The Bertz CT molecular complexity index is 1970. The van der Waals surface area contributed by atoms with Crippen LogP contribution in [0, 0.1) is 22.7 Å². The maximum absolute atomic E-state index is 12.3. The normalized spacial score (nSPS) is 11.4. The molecule has 4 rings (SSSR count). The second-order valence-corrected chi connectivity index (χ2v) is 19.2. The number of carbonyl (C=O) groups is 2. The van der Waals surface area contributed by atoms with Crippen LogP contribution in [0.15, 0.2) is 35.4 Å². The predicted molar refractivity (Wildman–Crippen MR) is 267 cm³/mol. The number of nitriles is 2. The summed E-state index contributed by atoms with van der Waals surface area (Å²) in [6.45, 7) is 5.85. The highest BCUT2D eigenvalue weighted by molar-refractivity contribution is 7.30. The van der Waals surface area contributed by atoms with Crippen molar-refractivity contribution in [2.75, 3.05) is 116 Å². The third-order valence-electron chi connectivity index (χ3n) is 8.48. The van der Waals surface area contributed by atoms with E-state index < -0.39 is 5.97 Å². The topological polar surface area (TPSA) is 183 Å². The summed E-state index contributed by atoms with van der Waals surface area (Å²) in [5.74, 6) is -0.0805. The van der Waals surface area contributed by atoms with Gasteiger partial charge in [0.25, 0.3) is 5.91 Å². The van der Waals surface area contributed by atoms with Crippen LogP contribution in [0.3, 0.4) is 0 Å². The Morgan fingerprint density at radius 3 is 1.44 bits per heavy atom. The van der Waals surface area contributed by atoms with Gasteiger partial charge < -0.3 is 44.9 Å². The van der Waals surface area contributed by atoms with E-state index in [9.17, 15) is 14.9 Å². The van der Waals surface area contributed by atoms with Gasteiger partial charge in [0.05, 0.1) is 49.6 Å². The van der Waals surface area contributed by atoms with Gasteiger partial charge in [0.15, 0.2) is 0 Å². The van der Waals surface area contributed by atoms with Crippen LogP contribution in [0.1, 0.15) is 61.1 Å². The molecule has 13 nitrogen and oxygen atoms in total. The molecular formula is C44H62Cl2N6O7S4. The van der Waals surface area contributed by atoms with Gasteiger partial charge in [-0.05, 0) is 62.1 Å². The number of hydrogen-bond donors (Lipinski definition) is 3. The number of aliphatic carboxylic acids is 1. The summed E-state index contributed by atoms with van der Waals surface area (Å²) in [5, 5.41) is 31.9. The number of thiophene rings is 4. The second-order valence-electron chi connectivity index (χ2n) is 14.1. The van der Waals surface area contributed by atoms with E-state index in [1.54, 1.807) is 46.2 Å². The molecule has 63 heavy (non-hydrogen) atoms. The molecular weight excluding hydrogens is 924 g/mol. The van der Waals surface area contributed by atoms with Crippen molar-refractivity contribution in [3.63, 3.8) is 0 Å². The zero-order valence-electron chi connectivity index (χ0n) is 36.8. The molecule has 0 atom stereocenters. The Hall–Kier alpha value is -3.30. The van der Waals surface area contributed by atoms with E-state index in [4.69, 9.17) is 58.3 Å². The number of fused-ring (bicyclic) bond motifs is 2. The number of nitrogens with two attached hydrogens (primary N) is 1. The summed E-state index contributed by atoms with van der Waals surface area (Å²) in [6, 6.07) is 11.8. The van der Waals surface area contributed by atoms with Gasteiger partial charge >= 0.3 is 5.97 Å². The minimum absolute atomic E-state index is 0.0965. The molecule has 0 aromatic carbocycles. The van der Waals surface area contributed by atoms with Crippen molar-refractivity contribution in [1.29, 1.82) is 10.5 Å². The highest BCUT2D eigenvalue weighted by Crippen LogP contribution is 2.39. The Morgan fingerprint density at radius 1 is 0.635 bits per heavy atom. The molecule has 0 aliphatic rings. The third-order valence-corrected chi connectivity index (χ3v) is 13.8. The lowest BCUT2D eigenvalue weighted by Gasteiger charge is -2.07. The third kappa shape index (κ3) is 23.5.